The second-order valence-corrected chi connectivity index (χ2v) is 7.12. The van der Waals surface area contributed by atoms with Crippen molar-refractivity contribution >= 4 is 19.3 Å². The molecule has 0 bridgehead atoms. The molecule has 0 aliphatic heterocycles. The predicted octanol–water partition coefficient (Wildman–Crippen LogP) is 2.12. The monoisotopic (exact) mass is 631 g/mol. The molecule has 0 N–H and O–H groups in total. The molecule has 3 aromatic rings. The summed E-state index contributed by atoms with van der Waals surface area (Å²) in [5.74, 6) is 0. The van der Waals surface area contributed by atoms with Gasteiger partial charge in [0.25, 0.3) is 0 Å². The Morgan fingerprint density at radius 3 is 1.81 bits per heavy atom. The van der Waals surface area contributed by atoms with E-state index in [-0.39, 0.29) is 103 Å². The van der Waals surface area contributed by atoms with E-state index in [1.165, 1.54) is 5.56 Å². The maximum absolute atomic E-state index is 11.7. The molecule has 10 heteroatoms. The Kier molecular flexibility index (Phi) is 40.0. The summed E-state index contributed by atoms with van der Waals surface area (Å²) in [6.45, 7) is 19.2. The number of aliphatic imine (C=N–C) groups is 1. The van der Waals surface area contributed by atoms with Gasteiger partial charge in [-0.15, -0.1) is 0 Å². The van der Waals surface area contributed by atoms with E-state index in [2.05, 4.69) is 73.3 Å². The van der Waals surface area contributed by atoms with E-state index in [9.17, 15) is 13.2 Å². The maximum Gasteiger partial charge on any atom is 1.00 e. The Hall–Kier alpha value is -0.847. The topological polar surface area (TPSA) is 83.2 Å². The number of carbonyl (C=O) groups is 2. The van der Waals surface area contributed by atoms with Crippen LogP contribution in [0.2, 0.25) is 0 Å². The molecule has 0 saturated carbocycles. The molecule has 0 radical (unpaired) electrons. The number of aryl methyl sites for hydroxylation is 2. The van der Waals surface area contributed by atoms with Crippen LogP contribution in [0.25, 0.3) is 11.1 Å². The zero-order chi connectivity index (χ0) is 31.6. The molecular weight excluding hydrogens is 594 g/mol. The van der Waals surface area contributed by atoms with Crippen molar-refractivity contribution in [1.29, 1.82) is 5.26 Å². The first kappa shape index (κ1) is 50.8. The molecule has 1 aromatic heterocycles. The number of carbonyl (C=O) groups excluding carboxylic acids is 2. The van der Waals surface area contributed by atoms with Crippen LogP contribution in [0.5, 0.6) is 0 Å². The Morgan fingerprint density at radius 2 is 1.48 bits per heavy atom. The average molecular weight is 632 g/mol. The van der Waals surface area contributed by atoms with Crippen molar-refractivity contribution < 1.29 is 126 Å². The van der Waals surface area contributed by atoms with Gasteiger partial charge < -0.3 is 47.7 Å². The Morgan fingerprint density at radius 1 is 0.976 bits per heavy atom. The minimum atomic E-state index is -4.29. The third kappa shape index (κ3) is 22.7. The number of halogens is 3. The van der Waals surface area contributed by atoms with E-state index in [0.29, 0.717) is 5.71 Å². The number of pyridine rings is 1. The van der Waals surface area contributed by atoms with Crippen LogP contribution in [-0.4, -0.2) is 31.3 Å². The number of hydrogen-bond acceptors (Lipinski definition) is 5. The molecule has 5 nitrogen and oxygen atoms in total. The molecule has 0 spiro atoms. The van der Waals surface area contributed by atoms with Crippen molar-refractivity contribution in [3.63, 3.8) is 0 Å². The SMILES string of the molecule is C=O.C=O.CC.CN=C(C#N)c1cc(-c2ccc(C)cc2)ccc1C.FC(F)(F)c1cc[c-]nc1.[CH2-]C[CH-]C[CH2-].[K+].[K+]. The van der Waals surface area contributed by atoms with Gasteiger partial charge in [0.05, 0.1) is 0 Å². The number of alkyl halides is 3. The Balaban J connectivity index is -0.000000168. The number of unbranched alkanes of at least 4 members (excludes halogenated alkanes) is 2. The molecule has 0 unspecified atom stereocenters. The summed E-state index contributed by atoms with van der Waals surface area (Å²) in [6.07, 6.45) is 2.54. The summed E-state index contributed by atoms with van der Waals surface area (Å²) < 4.78 is 35.2. The Labute approximate surface area is 335 Å². The first-order valence-corrected chi connectivity index (χ1v) is 12.1. The number of nitrogens with zero attached hydrogens (tertiary/aromatic N) is 3. The van der Waals surface area contributed by atoms with E-state index in [0.717, 1.165) is 53.4 Å². The fourth-order valence-corrected chi connectivity index (χ4v) is 2.67. The molecule has 0 saturated heterocycles. The van der Waals surface area contributed by atoms with Gasteiger partial charge in [-0.05, 0) is 42.2 Å². The van der Waals surface area contributed by atoms with Crippen LogP contribution in [0.1, 0.15) is 48.9 Å². The van der Waals surface area contributed by atoms with Crippen molar-refractivity contribution in [3.8, 4) is 17.2 Å². The summed E-state index contributed by atoms with van der Waals surface area (Å²) in [7, 11) is 1.65. The van der Waals surface area contributed by atoms with E-state index >= 15 is 0 Å². The van der Waals surface area contributed by atoms with Gasteiger partial charge in [-0.3, -0.25) is 4.99 Å². The number of benzene rings is 2. The van der Waals surface area contributed by atoms with Gasteiger partial charge in [-0.1, -0.05) is 68.2 Å². The van der Waals surface area contributed by atoms with Crippen LogP contribution in [0.15, 0.2) is 65.8 Å². The predicted molar refractivity (Wildman–Crippen MR) is 157 cm³/mol. The van der Waals surface area contributed by atoms with Crippen molar-refractivity contribution in [2.45, 2.75) is 46.7 Å². The van der Waals surface area contributed by atoms with Crippen molar-refractivity contribution in [2.24, 2.45) is 4.99 Å². The van der Waals surface area contributed by atoms with Crippen LogP contribution in [0.4, 0.5) is 13.2 Å². The zero-order valence-corrected chi connectivity index (χ0v) is 32.1. The van der Waals surface area contributed by atoms with Gasteiger partial charge in [0, 0.05) is 12.6 Å². The quantitative estimate of drug-likeness (QED) is 0.251. The van der Waals surface area contributed by atoms with Crippen molar-refractivity contribution in [2.75, 3.05) is 7.05 Å². The van der Waals surface area contributed by atoms with E-state index in [4.69, 9.17) is 14.9 Å². The molecule has 1 heterocycles. The third-order valence-electron chi connectivity index (χ3n) is 4.56. The summed E-state index contributed by atoms with van der Waals surface area (Å²) in [5.41, 5.74) is 5.21. The number of nitriles is 1. The van der Waals surface area contributed by atoms with Crippen LogP contribution in [0, 0.1) is 51.6 Å². The molecule has 0 atom stereocenters. The minimum Gasteiger partial charge on any atom is -0.394 e. The van der Waals surface area contributed by atoms with E-state index in [1.54, 1.807) is 7.05 Å². The second-order valence-electron chi connectivity index (χ2n) is 7.12. The first-order valence-electron chi connectivity index (χ1n) is 12.1. The van der Waals surface area contributed by atoms with Gasteiger partial charge in [0.2, 0.25) is 0 Å². The van der Waals surface area contributed by atoms with Crippen LogP contribution in [0.3, 0.4) is 0 Å². The summed E-state index contributed by atoms with van der Waals surface area (Å²) >= 11 is 0. The molecule has 2 aromatic carbocycles. The van der Waals surface area contributed by atoms with Gasteiger partial charge in [0.15, 0.2) is 0 Å². The van der Waals surface area contributed by atoms with E-state index in [1.807, 2.05) is 52.9 Å². The number of hydrogen-bond donors (Lipinski definition) is 0. The van der Waals surface area contributed by atoms with Gasteiger partial charge >= 0.3 is 109 Å². The molecule has 0 aliphatic rings. The molecular formula is C32H38F3K2N3O2-2. The van der Waals surface area contributed by atoms with Crippen molar-refractivity contribution in [3.05, 3.63) is 110 Å². The first-order chi connectivity index (χ1) is 19.2. The second kappa shape index (κ2) is 33.1. The molecule has 42 heavy (non-hydrogen) atoms. The third-order valence-corrected chi connectivity index (χ3v) is 4.56. The van der Waals surface area contributed by atoms with Gasteiger partial charge in [-0.25, -0.2) is 0 Å². The van der Waals surface area contributed by atoms with Crippen LogP contribution in [-0.2, 0) is 15.8 Å². The van der Waals surface area contributed by atoms with Crippen molar-refractivity contribution in [1.82, 2.24) is 4.98 Å². The van der Waals surface area contributed by atoms with Crippen LogP contribution >= 0.6 is 0 Å². The molecule has 0 fully saturated rings. The van der Waals surface area contributed by atoms with Crippen LogP contribution < -0.4 is 103 Å². The summed E-state index contributed by atoms with van der Waals surface area (Å²) in [6, 6.07) is 18.7. The van der Waals surface area contributed by atoms with Gasteiger partial charge in [-0.2, -0.15) is 30.6 Å². The fourth-order valence-electron chi connectivity index (χ4n) is 2.67. The minimum absolute atomic E-state index is 0. The van der Waals surface area contributed by atoms with E-state index < -0.39 is 11.7 Å². The smallest absolute Gasteiger partial charge is 0.394 e. The number of aromatic nitrogens is 1. The maximum atomic E-state index is 11.7. The molecule has 218 valence electrons. The molecule has 0 aliphatic carbocycles. The summed E-state index contributed by atoms with van der Waals surface area (Å²) in [5, 5.41) is 9.12. The average Bonchev–Trinajstić information content (AvgIpc) is 2.99. The normalized spacial score (nSPS) is 9.12. The van der Waals surface area contributed by atoms with Gasteiger partial charge in [0.1, 0.15) is 25.4 Å². The fraction of sp³-hybridized carbons (Fsp3) is 0.250. The summed E-state index contributed by atoms with van der Waals surface area (Å²) in [4.78, 5) is 23.2. The zero-order valence-electron chi connectivity index (χ0n) is 25.9. The largest absolute Gasteiger partial charge is 1.00 e. The molecule has 0 amide bonds. The number of rotatable bonds is 4. The standard InChI is InChI=1S/C17H16N2.C6H3F3N.C5H9.C2H6.2CH2O.2K/c1-12-4-7-14(8-5-12)15-9-6-13(2)16(10-15)17(11-18)19-3;7-6(8,9)5-2-1-3-10-4-5;1-3-5-4-2;3*1-2;;/h4-10H,1-3H3;1-2,4H;5H,1-4H2;1-2H3;2*1H2;;/q;-1;-3;;;;2*+1. The Bertz CT molecular complexity index is 1120. The molecule has 3 rings (SSSR count).